The fraction of sp³-hybridized carbons (Fsp3) is 0.182. The molecule has 3 N–H and O–H groups in total. The number of carbonyl (C=O) groups is 2. The number of terminal acetylenes is 1. The fourth-order valence-electron chi connectivity index (χ4n) is 1.11. The zero-order valence-corrected chi connectivity index (χ0v) is 8.75. The molecule has 17 heavy (non-hydrogen) atoms. The van der Waals surface area contributed by atoms with Gasteiger partial charge in [-0.05, 0) is 6.07 Å². The van der Waals surface area contributed by atoms with Crippen LogP contribution in [0.1, 0.15) is 16.8 Å². The van der Waals surface area contributed by atoms with E-state index < -0.39 is 17.9 Å². The molecule has 88 valence electrons. The first kappa shape index (κ1) is 12.5. The summed E-state index contributed by atoms with van der Waals surface area (Å²) in [6.07, 6.45) is 7.24. The number of aromatic nitrogens is 1. The number of carbonyl (C=O) groups excluding carboxylic acids is 1. The van der Waals surface area contributed by atoms with E-state index in [1.54, 1.807) is 0 Å². The predicted octanol–water partition coefficient (Wildman–Crippen LogP) is -0.00650. The molecule has 1 atom stereocenters. The quantitative estimate of drug-likeness (QED) is 0.636. The van der Waals surface area contributed by atoms with Gasteiger partial charge in [0.2, 0.25) is 0 Å². The number of pyridine rings is 1. The first-order valence-electron chi connectivity index (χ1n) is 4.65. The van der Waals surface area contributed by atoms with Gasteiger partial charge >= 0.3 is 5.97 Å². The third-order valence-electron chi connectivity index (χ3n) is 1.91. The van der Waals surface area contributed by atoms with Crippen LogP contribution in [-0.2, 0) is 4.79 Å². The minimum absolute atomic E-state index is 0.0632. The summed E-state index contributed by atoms with van der Waals surface area (Å²) in [6.45, 7) is 0. The van der Waals surface area contributed by atoms with Gasteiger partial charge in [0.1, 0.15) is 11.8 Å². The highest BCUT2D eigenvalue weighted by Crippen LogP contribution is 2.08. The summed E-state index contributed by atoms with van der Waals surface area (Å²) in [5.41, 5.74) is 0.0632. The molecular weight excluding hydrogens is 224 g/mol. The van der Waals surface area contributed by atoms with Crippen molar-refractivity contribution in [3.63, 3.8) is 0 Å². The number of nitrogens with zero attached hydrogens (tertiary/aromatic N) is 1. The van der Waals surface area contributed by atoms with E-state index in [-0.39, 0.29) is 17.7 Å². The number of aromatic hydroxyl groups is 1. The van der Waals surface area contributed by atoms with E-state index in [0.717, 1.165) is 6.20 Å². The molecule has 6 nitrogen and oxygen atoms in total. The molecule has 0 bridgehead atoms. The van der Waals surface area contributed by atoms with Crippen LogP contribution in [0.25, 0.3) is 0 Å². The Bertz CT molecular complexity index is 479. The lowest BCUT2D eigenvalue weighted by Crippen LogP contribution is -2.40. The maximum Gasteiger partial charge on any atom is 0.327 e. The minimum atomic E-state index is -1.22. The number of carboxylic acids is 1. The lowest BCUT2D eigenvalue weighted by Gasteiger charge is -2.11. The smallest absolute Gasteiger partial charge is 0.327 e. The van der Waals surface area contributed by atoms with E-state index in [9.17, 15) is 9.59 Å². The molecule has 0 aromatic carbocycles. The van der Waals surface area contributed by atoms with Crippen molar-refractivity contribution in [1.29, 1.82) is 0 Å². The summed E-state index contributed by atoms with van der Waals surface area (Å²) in [4.78, 5) is 25.9. The average Bonchev–Trinajstić information content (AvgIpc) is 2.28. The molecule has 0 aliphatic carbocycles. The number of rotatable bonds is 4. The van der Waals surface area contributed by atoms with Crippen LogP contribution in [0, 0.1) is 12.3 Å². The Kier molecular flexibility index (Phi) is 4.06. The van der Waals surface area contributed by atoms with Crippen LogP contribution in [0.4, 0.5) is 0 Å². The van der Waals surface area contributed by atoms with E-state index >= 15 is 0 Å². The molecule has 0 fully saturated rings. The standard InChI is InChI=1S/C11H10N2O4/c1-2-3-9(11(16)17)13-10(15)7-4-8(14)6-12-5-7/h1,4-6,9,14H,3H2,(H,13,15)(H,16,17). The maximum atomic E-state index is 11.6. The highest BCUT2D eigenvalue weighted by atomic mass is 16.4. The van der Waals surface area contributed by atoms with Crippen molar-refractivity contribution < 1.29 is 19.8 Å². The molecule has 1 rings (SSSR count). The van der Waals surface area contributed by atoms with Crippen molar-refractivity contribution in [3.8, 4) is 18.1 Å². The van der Waals surface area contributed by atoms with Gasteiger partial charge < -0.3 is 15.5 Å². The summed E-state index contributed by atoms with van der Waals surface area (Å²) in [5.74, 6) is 0.103. The molecule has 0 aliphatic rings. The van der Waals surface area contributed by atoms with Gasteiger partial charge in [-0.2, -0.15) is 0 Å². The normalized spacial score (nSPS) is 11.2. The van der Waals surface area contributed by atoms with Gasteiger partial charge in [-0.3, -0.25) is 9.78 Å². The van der Waals surface area contributed by atoms with Crippen LogP contribution in [-0.4, -0.2) is 33.1 Å². The highest BCUT2D eigenvalue weighted by Gasteiger charge is 2.19. The molecule has 0 saturated carbocycles. The number of amides is 1. The van der Waals surface area contributed by atoms with Gasteiger partial charge in [0.05, 0.1) is 11.8 Å². The Morgan fingerprint density at radius 1 is 1.53 bits per heavy atom. The van der Waals surface area contributed by atoms with Crippen molar-refractivity contribution in [2.75, 3.05) is 0 Å². The summed E-state index contributed by atoms with van der Waals surface area (Å²) < 4.78 is 0. The van der Waals surface area contributed by atoms with Crippen molar-refractivity contribution in [2.24, 2.45) is 0 Å². The number of nitrogens with one attached hydrogen (secondary N) is 1. The fourth-order valence-corrected chi connectivity index (χ4v) is 1.11. The van der Waals surface area contributed by atoms with Crippen molar-refractivity contribution in [3.05, 3.63) is 24.0 Å². The minimum Gasteiger partial charge on any atom is -0.506 e. The SMILES string of the molecule is C#CCC(NC(=O)c1cncc(O)c1)C(=O)O. The molecule has 1 aromatic heterocycles. The number of hydrogen-bond acceptors (Lipinski definition) is 4. The highest BCUT2D eigenvalue weighted by molar-refractivity contribution is 5.96. The molecule has 1 amide bonds. The number of hydrogen-bond donors (Lipinski definition) is 3. The Morgan fingerprint density at radius 2 is 2.24 bits per heavy atom. The summed E-state index contributed by atoms with van der Waals surface area (Å²) in [7, 11) is 0. The van der Waals surface area contributed by atoms with Crippen LogP contribution in [0.15, 0.2) is 18.5 Å². The first-order valence-corrected chi connectivity index (χ1v) is 4.65. The van der Waals surface area contributed by atoms with E-state index in [0.29, 0.717) is 0 Å². The number of carboxylic acid groups (broad SMARTS) is 1. The van der Waals surface area contributed by atoms with Gasteiger partial charge in [0, 0.05) is 12.6 Å². The van der Waals surface area contributed by atoms with Crippen LogP contribution in [0.2, 0.25) is 0 Å². The van der Waals surface area contributed by atoms with Gasteiger partial charge in [-0.1, -0.05) is 0 Å². The molecule has 0 spiro atoms. The van der Waals surface area contributed by atoms with E-state index in [2.05, 4.69) is 16.2 Å². The topological polar surface area (TPSA) is 99.5 Å². The van der Waals surface area contributed by atoms with Crippen LogP contribution >= 0.6 is 0 Å². The van der Waals surface area contributed by atoms with Crippen molar-refractivity contribution in [2.45, 2.75) is 12.5 Å². The zero-order chi connectivity index (χ0) is 12.8. The molecule has 0 saturated heterocycles. The van der Waals surface area contributed by atoms with E-state index in [1.165, 1.54) is 12.3 Å². The average molecular weight is 234 g/mol. The van der Waals surface area contributed by atoms with Gasteiger partial charge in [-0.25, -0.2) is 4.79 Å². The van der Waals surface area contributed by atoms with Crippen LogP contribution in [0.5, 0.6) is 5.75 Å². The summed E-state index contributed by atoms with van der Waals surface area (Å²) in [6, 6.07) is 0.0201. The Hall–Kier alpha value is -2.55. The van der Waals surface area contributed by atoms with Crippen molar-refractivity contribution >= 4 is 11.9 Å². The van der Waals surface area contributed by atoms with Crippen LogP contribution < -0.4 is 5.32 Å². The maximum absolute atomic E-state index is 11.6. The Labute approximate surface area is 97.3 Å². The number of aliphatic carboxylic acids is 1. The Balaban J connectivity index is 2.78. The van der Waals surface area contributed by atoms with Gasteiger partial charge in [-0.15, -0.1) is 12.3 Å². The second kappa shape index (κ2) is 5.51. The first-order chi connectivity index (χ1) is 8.04. The molecule has 6 heteroatoms. The Morgan fingerprint density at radius 3 is 2.76 bits per heavy atom. The lowest BCUT2D eigenvalue weighted by molar-refractivity contribution is -0.139. The van der Waals surface area contributed by atoms with Gasteiger partial charge in [0.15, 0.2) is 0 Å². The van der Waals surface area contributed by atoms with Crippen molar-refractivity contribution in [1.82, 2.24) is 10.3 Å². The zero-order valence-electron chi connectivity index (χ0n) is 8.75. The molecule has 0 radical (unpaired) electrons. The summed E-state index contributed by atoms with van der Waals surface area (Å²) >= 11 is 0. The third-order valence-corrected chi connectivity index (χ3v) is 1.91. The third kappa shape index (κ3) is 3.50. The summed E-state index contributed by atoms with van der Waals surface area (Å²) in [5, 5.41) is 20.1. The molecule has 1 heterocycles. The lowest BCUT2D eigenvalue weighted by atomic mass is 10.2. The molecular formula is C11H10N2O4. The molecule has 0 aliphatic heterocycles. The van der Waals surface area contributed by atoms with E-state index in [1.807, 2.05) is 0 Å². The molecule has 1 aromatic rings. The predicted molar refractivity (Wildman–Crippen MR) is 58.2 cm³/mol. The van der Waals surface area contributed by atoms with Gasteiger partial charge in [0.25, 0.3) is 5.91 Å². The second-order valence-electron chi connectivity index (χ2n) is 3.20. The van der Waals surface area contributed by atoms with E-state index in [4.69, 9.17) is 16.6 Å². The monoisotopic (exact) mass is 234 g/mol. The van der Waals surface area contributed by atoms with Crippen LogP contribution in [0.3, 0.4) is 0 Å². The largest absolute Gasteiger partial charge is 0.506 e. The molecule has 1 unspecified atom stereocenters. The second-order valence-corrected chi connectivity index (χ2v) is 3.20.